The predicted octanol–water partition coefficient (Wildman–Crippen LogP) is 3.89. The number of thiophene rings is 1. The molecule has 0 saturated carbocycles. The Morgan fingerprint density at radius 3 is 2.82 bits per heavy atom. The number of hydrogen-bond acceptors (Lipinski definition) is 4. The number of halogens is 1. The van der Waals surface area contributed by atoms with Crippen molar-refractivity contribution >= 4 is 28.6 Å². The van der Waals surface area contributed by atoms with E-state index in [1.165, 1.54) is 23.5 Å². The zero-order valence-electron chi connectivity index (χ0n) is 8.63. The lowest BCUT2D eigenvalue weighted by molar-refractivity contribution is -0.385. The summed E-state index contributed by atoms with van der Waals surface area (Å²) < 4.78 is 5.41. The van der Waals surface area contributed by atoms with E-state index in [9.17, 15) is 10.1 Å². The minimum absolute atomic E-state index is 0.0821. The molecule has 0 aliphatic heterocycles. The third kappa shape index (κ3) is 2.75. The lowest BCUT2D eigenvalue weighted by atomic mass is 10.3. The van der Waals surface area contributed by atoms with E-state index in [2.05, 4.69) is 0 Å². The van der Waals surface area contributed by atoms with Crippen LogP contribution in [0.3, 0.4) is 0 Å². The first-order valence-corrected chi connectivity index (χ1v) is 6.02. The molecule has 6 heteroatoms. The fraction of sp³-hybridized carbons (Fsp3) is 0.0909. The van der Waals surface area contributed by atoms with Crippen LogP contribution in [0.1, 0.15) is 4.88 Å². The quantitative estimate of drug-likeness (QED) is 0.625. The van der Waals surface area contributed by atoms with Crippen molar-refractivity contribution in [1.82, 2.24) is 0 Å². The average molecular weight is 270 g/mol. The monoisotopic (exact) mass is 269 g/mol. The van der Waals surface area contributed by atoms with Crippen LogP contribution in [-0.4, -0.2) is 4.92 Å². The zero-order valence-corrected chi connectivity index (χ0v) is 10.2. The van der Waals surface area contributed by atoms with Crippen molar-refractivity contribution in [3.05, 3.63) is 55.7 Å². The number of rotatable bonds is 4. The van der Waals surface area contributed by atoms with Gasteiger partial charge in [-0.05, 0) is 23.6 Å². The molecule has 0 aliphatic carbocycles. The average Bonchev–Trinajstić information content (AvgIpc) is 2.78. The van der Waals surface area contributed by atoms with Gasteiger partial charge in [0.15, 0.2) is 5.75 Å². The molecule has 17 heavy (non-hydrogen) atoms. The van der Waals surface area contributed by atoms with E-state index in [4.69, 9.17) is 16.3 Å². The van der Waals surface area contributed by atoms with Crippen molar-refractivity contribution in [1.29, 1.82) is 0 Å². The molecular formula is C11H8ClNO3S. The fourth-order valence-electron chi connectivity index (χ4n) is 1.33. The molecular weight excluding hydrogens is 262 g/mol. The van der Waals surface area contributed by atoms with Crippen molar-refractivity contribution < 1.29 is 9.66 Å². The van der Waals surface area contributed by atoms with Gasteiger partial charge in [-0.25, -0.2) is 0 Å². The summed E-state index contributed by atoms with van der Waals surface area (Å²) in [5.41, 5.74) is -0.189. The first kappa shape index (κ1) is 11.9. The minimum Gasteiger partial charge on any atom is -0.481 e. The molecule has 4 nitrogen and oxygen atoms in total. The highest BCUT2D eigenvalue weighted by Gasteiger charge is 2.19. The Morgan fingerprint density at radius 1 is 1.35 bits per heavy atom. The molecule has 0 bridgehead atoms. The molecule has 0 fully saturated rings. The Morgan fingerprint density at radius 2 is 2.18 bits per heavy atom. The van der Waals surface area contributed by atoms with Crippen molar-refractivity contribution in [2.24, 2.45) is 0 Å². The van der Waals surface area contributed by atoms with Gasteiger partial charge in [-0.3, -0.25) is 10.1 Å². The molecule has 2 aromatic rings. The Hall–Kier alpha value is -1.59. The number of ether oxygens (including phenoxy) is 1. The fourth-order valence-corrected chi connectivity index (χ4v) is 2.18. The van der Waals surface area contributed by atoms with Gasteiger partial charge in [-0.2, -0.15) is 0 Å². The summed E-state index contributed by atoms with van der Waals surface area (Å²) in [5.74, 6) is 0.191. The normalized spacial score (nSPS) is 10.2. The van der Waals surface area contributed by atoms with E-state index in [0.29, 0.717) is 6.61 Å². The molecule has 0 spiro atoms. The van der Waals surface area contributed by atoms with Crippen LogP contribution in [0.5, 0.6) is 5.75 Å². The number of nitro benzene ring substituents is 1. The molecule has 0 amide bonds. The van der Waals surface area contributed by atoms with Gasteiger partial charge in [-0.1, -0.05) is 23.7 Å². The number of nitrogens with zero attached hydrogens (tertiary/aromatic N) is 1. The van der Waals surface area contributed by atoms with Crippen LogP contribution in [-0.2, 0) is 6.61 Å². The van der Waals surface area contributed by atoms with Gasteiger partial charge in [0.1, 0.15) is 11.6 Å². The van der Waals surface area contributed by atoms with E-state index in [0.717, 1.165) is 4.88 Å². The summed E-state index contributed by atoms with van der Waals surface area (Å²) in [5, 5.41) is 12.9. The standard InChI is InChI=1S/C11H8ClNO3S/c12-9-4-1-5-10(11(9)13(14)15)16-7-8-3-2-6-17-8/h1-6H,7H2. The number of para-hydroxylation sites is 1. The second-order valence-electron chi connectivity index (χ2n) is 3.21. The summed E-state index contributed by atoms with van der Waals surface area (Å²) in [6, 6.07) is 8.44. The smallest absolute Gasteiger partial charge is 0.329 e. The lowest BCUT2D eigenvalue weighted by Crippen LogP contribution is -1.98. The second-order valence-corrected chi connectivity index (χ2v) is 4.65. The minimum atomic E-state index is -0.536. The molecule has 2 rings (SSSR count). The van der Waals surface area contributed by atoms with Crippen molar-refractivity contribution in [3.8, 4) is 5.75 Å². The molecule has 1 aromatic heterocycles. The molecule has 0 atom stereocenters. The topological polar surface area (TPSA) is 52.4 Å². The van der Waals surface area contributed by atoms with E-state index < -0.39 is 4.92 Å². The first-order valence-electron chi connectivity index (χ1n) is 4.76. The maximum absolute atomic E-state index is 10.8. The largest absolute Gasteiger partial charge is 0.481 e. The van der Waals surface area contributed by atoms with Crippen LogP contribution in [0, 0.1) is 10.1 Å². The summed E-state index contributed by atoms with van der Waals surface area (Å²) >= 11 is 7.30. The van der Waals surface area contributed by atoms with Gasteiger partial charge in [-0.15, -0.1) is 11.3 Å². The van der Waals surface area contributed by atoms with Gasteiger partial charge < -0.3 is 4.74 Å². The third-order valence-electron chi connectivity index (χ3n) is 2.08. The second kappa shape index (κ2) is 5.16. The van der Waals surface area contributed by atoms with E-state index in [1.54, 1.807) is 6.07 Å². The lowest BCUT2D eigenvalue weighted by Gasteiger charge is -2.05. The SMILES string of the molecule is O=[N+]([O-])c1c(Cl)cccc1OCc1cccs1. The summed E-state index contributed by atoms with van der Waals surface area (Å²) in [6.45, 7) is 0.304. The van der Waals surface area contributed by atoms with Crippen LogP contribution in [0.2, 0.25) is 5.02 Å². The summed E-state index contributed by atoms with van der Waals surface area (Å²) in [6.07, 6.45) is 0. The van der Waals surface area contributed by atoms with Crippen LogP contribution < -0.4 is 4.74 Å². The molecule has 1 aromatic carbocycles. The van der Waals surface area contributed by atoms with Crippen LogP contribution in [0.25, 0.3) is 0 Å². The van der Waals surface area contributed by atoms with E-state index >= 15 is 0 Å². The molecule has 0 N–H and O–H groups in total. The highest BCUT2D eigenvalue weighted by atomic mass is 35.5. The Balaban J connectivity index is 2.21. The van der Waals surface area contributed by atoms with Crippen LogP contribution in [0.15, 0.2) is 35.7 Å². The van der Waals surface area contributed by atoms with Crippen LogP contribution >= 0.6 is 22.9 Å². The molecule has 0 radical (unpaired) electrons. The molecule has 0 aliphatic rings. The van der Waals surface area contributed by atoms with Gasteiger partial charge >= 0.3 is 5.69 Å². The van der Waals surface area contributed by atoms with Crippen molar-refractivity contribution in [2.75, 3.05) is 0 Å². The third-order valence-corrected chi connectivity index (χ3v) is 3.24. The maximum Gasteiger partial charge on any atom is 0.329 e. The number of nitro groups is 1. The molecule has 88 valence electrons. The van der Waals surface area contributed by atoms with Crippen molar-refractivity contribution in [2.45, 2.75) is 6.61 Å². The summed E-state index contributed by atoms with van der Waals surface area (Å²) in [7, 11) is 0. The van der Waals surface area contributed by atoms with Crippen molar-refractivity contribution in [3.63, 3.8) is 0 Å². The highest BCUT2D eigenvalue weighted by molar-refractivity contribution is 7.09. The molecule has 0 saturated heterocycles. The predicted molar refractivity (Wildman–Crippen MR) is 66.8 cm³/mol. The Bertz CT molecular complexity index is 528. The zero-order chi connectivity index (χ0) is 12.3. The van der Waals surface area contributed by atoms with Gasteiger partial charge in [0.2, 0.25) is 0 Å². The molecule has 1 heterocycles. The maximum atomic E-state index is 10.8. The van der Waals surface area contributed by atoms with Gasteiger partial charge in [0, 0.05) is 4.88 Å². The number of hydrogen-bond donors (Lipinski definition) is 0. The highest BCUT2D eigenvalue weighted by Crippen LogP contribution is 2.34. The number of benzene rings is 1. The Kier molecular flexibility index (Phi) is 3.61. The first-order chi connectivity index (χ1) is 8.18. The van der Waals surface area contributed by atoms with E-state index in [-0.39, 0.29) is 16.5 Å². The summed E-state index contributed by atoms with van der Waals surface area (Å²) in [4.78, 5) is 11.3. The molecule has 0 unspecified atom stereocenters. The van der Waals surface area contributed by atoms with Gasteiger partial charge in [0.05, 0.1) is 4.92 Å². The van der Waals surface area contributed by atoms with E-state index in [1.807, 2.05) is 17.5 Å². The van der Waals surface area contributed by atoms with Gasteiger partial charge in [0.25, 0.3) is 0 Å². The Labute approximate surface area is 107 Å². The van der Waals surface area contributed by atoms with Crippen LogP contribution in [0.4, 0.5) is 5.69 Å².